The van der Waals surface area contributed by atoms with Crippen LogP contribution in [0.4, 0.5) is 17.1 Å². The number of anilines is 3. The van der Waals surface area contributed by atoms with Crippen molar-refractivity contribution in [3.8, 4) is 33.8 Å². The smallest absolute Gasteiger partial charge is 0.145 e. The van der Waals surface area contributed by atoms with E-state index in [0.717, 1.165) is 31.5 Å². The molecule has 2 heterocycles. The Morgan fingerprint density at radius 3 is 1.91 bits per heavy atom. The monoisotopic (exact) mass is 801 g/mol. The van der Waals surface area contributed by atoms with Crippen LogP contribution < -0.4 is 9.64 Å². The molecular formula is C40H24Cl2INOS2. The van der Waals surface area contributed by atoms with Gasteiger partial charge in [0.25, 0.3) is 0 Å². The Morgan fingerprint density at radius 2 is 1.26 bits per heavy atom. The lowest BCUT2D eigenvalue weighted by atomic mass is 9.94. The van der Waals surface area contributed by atoms with E-state index in [4.69, 9.17) is 36.2 Å². The van der Waals surface area contributed by atoms with Gasteiger partial charge in [0, 0.05) is 61.7 Å². The number of thiophene rings is 2. The first-order chi connectivity index (χ1) is 25.5. The van der Waals surface area contributed by atoms with Crippen LogP contribution in [0.1, 0.15) is 8.22 Å². The van der Waals surface area contributed by atoms with Crippen LogP contribution in [0, 0.1) is 3.57 Å². The molecule has 0 aliphatic rings. The average molecular weight is 803 g/mol. The first kappa shape index (κ1) is 24.3. The van der Waals surface area contributed by atoms with Crippen LogP contribution in [0.25, 0.3) is 42.4 Å². The van der Waals surface area contributed by atoms with E-state index in [-0.39, 0.29) is 46.3 Å². The quantitative estimate of drug-likeness (QED) is 0.149. The second-order valence-corrected chi connectivity index (χ2v) is 14.3. The third-order valence-electron chi connectivity index (χ3n) is 7.58. The summed E-state index contributed by atoms with van der Waals surface area (Å²) in [4.78, 5) is 2.06. The molecule has 0 saturated heterocycles. The molecule has 0 saturated carbocycles. The number of para-hydroxylation sites is 1. The van der Waals surface area contributed by atoms with Crippen molar-refractivity contribution in [2.24, 2.45) is 0 Å². The SMILES string of the molecule is [2H]c1c(Cl)c([2H])c2scc(Oc3cc(I)cc(N(c4c(-c5ccccc5)cccc4-c4ccccc4)c4csc5c([2H])c(Cl)c([2H])c([2H])c45)c3)c2c1[2H]. The van der Waals surface area contributed by atoms with Gasteiger partial charge in [-0.1, -0.05) is 102 Å². The van der Waals surface area contributed by atoms with E-state index >= 15 is 0 Å². The first-order valence-corrected chi connectivity index (χ1v) is 18.0. The molecule has 0 unspecified atom stereocenters. The van der Waals surface area contributed by atoms with E-state index in [1.54, 1.807) is 5.38 Å². The third kappa shape index (κ3) is 6.03. The summed E-state index contributed by atoms with van der Waals surface area (Å²) in [6, 6.07) is 31.3. The van der Waals surface area contributed by atoms with Gasteiger partial charge in [0.2, 0.25) is 0 Å². The van der Waals surface area contributed by atoms with Crippen molar-refractivity contribution in [3.63, 3.8) is 0 Å². The van der Waals surface area contributed by atoms with E-state index in [1.807, 2.05) is 90.3 Å². The number of halogens is 3. The van der Waals surface area contributed by atoms with E-state index in [0.29, 0.717) is 43.0 Å². The minimum absolute atomic E-state index is 0.00308. The second kappa shape index (κ2) is 13.0. The Hall–Kier alpha value is -3.85. The molecular weight excluding hydrogens is 772 g/mol. The molecule has 0 bridgehead atoms. The average Bonchev–Trinajstić information content (AvgIpc) is 3.80. The van der Waals surface area contributed by atoms with Gasteiger partial charge in [-0.2, -0.15) is 0 Å². The molecule has 228 valence electrons. The van der Waals surface area contributed by atoms with Crippen LogP contribution in [0.2, 0.25) is 10.0 Å². The van der Waals surface area contributed by atoms with Crippen LogP contribution >= 0.6 is 68.5 Å². The van der Waals surface area contributed by atoms with Crippen molar-refractivity contribution in [1.29, 1.82) is 0 Å². The Bertz CT molecular complexity index is 2670. The third-order valence-corrected chi connectivity index (χ3v) is 10.3. The number of rotatable bonds is 7. The molecule has 7 heteroatoms. The maximum absolute atomic E-state index is 9.14. The summed E-state index contributed by atoms with van der Waals surface area (Å²) in [6.07, 6.45) is 0. The van der Waals surface area contributed by atoms with Gasteiger partial charge in [-0.25, -0.2) is 0 Å². The number of benzene rings is 6. The minimum atomic E-state index is -0.231. The summed E-state index contributed by atoms with van der Waals surface area (Å²) in [5, 5.41) is 4.27. The van der Waals surface area contributed by atoms with Crippen molar-refractivity contribution in [1.82, 2.24) is 0 Å². The van der Waals surface area contributed by atoms with Gasteiger partial charge in [0.1, 0.15) is 11.5 Å². The molecule has 0 aliphatic carbocycles. The number of ether oxygens (including phenoxy) is 1. The highest BCUT2D eigenvalue weighted by atomic mass is 127. The van der Waals surface area contributed by atoms with Crippen molar-refractivity contribution in [2.75, 3.05) is 4.90 Å². The molecule has 2 aromatic heterocycles. The van der Waals surface area contributed by atoms with E-state index in [2.05, 4.69) is 39.6 Å². The van der Waals surface area contributed by atoms with Crippen molar-refractivity contribution in [2.45, 2.75) is 0 Å². The molecule has 6 aromatic carbocycles. The Morgan fingerprint density at radius 1 is 0.660 bits per heavy atom. The van der Waals surface area contributed by atoms with E-state index < -0.39 is 0 Å². The molecule has 0 N–H and O–H groups in total. The van der Waals surface area contributed by atoms with Gasteiger partial charge in [-0.3, -0.25) is 0 Å². The number of hydrogen-bond donors (Lipinski definition) is 0. The number of hydrogen-bond acceptors (Lipinski definition) is 4. The van der Waals surface area contributed by atoms with Gasteiger partial charge in [-0.15, -0.1) is 22.7 Å². The molecule has 47 heavy (non-hydrogen) atoms. The van der Waals surface area contributed by atoms with E-state index in [1.165, 1.54) is 22.7 Å². The predicted octanol–water partition coefficient (Wildman–Crippen LogP) is 14.6. The lowest BCUT2D eigenvalue weighted by Crippen LogP contribution is -2.13. The van der Waals surface area contributed by atoms with Crippen LogP contribution in [0.3, 0.4) is 0 Å². The minimum Gasteiger partial charge on any atom is -0.456 e. The summed E-state index contributed by atoms with van der Waals surface area (Å²) in [5.74, 6) is 0.781. The second-order valence-electron chi connectivity index (χ2n) is 10.5. The summed E-state index contributed by atoms with van der Waals surface area (Å²) < 4.78 is 60.5. The van der Waals surface area contributed by atoms with Crippen LogP contribution in [0.5, 0.6) is 11.5 Å². The lowest BCUT2D eigenvalue weighted by Gasteiger charge is -2.30. The molecule has 0 atom stereocenters. The van der Waals surface area contributed by atoms with Gasteiger partial charge in [-0.05, 0) is 82.1 Å². The Kier molecular flexibility index (Phi) is 6.72. The van der Waals surface area contributed by atoms with Crippen LogP contribution in [-0.4, -0.2) is 0 Å². The normalized spacial score (nSPS) is 13.1. The topological polar surface area (TPSA) is 12.5 Å². The Labute approximate surface area is 313 Å². The fourth-order valence-corrected chi connectivity index (χ4v) is 8.32. The zero-order chi connectivity index (χ0) is 37.1. The lowest BCUT2D eigenvalue weighted by molar-refractivity contribution is 0.490. The van der Waals surface area contributed by atoms with Crippen molar-refractivity contribution in [3.05, 3.63) is 158 Å². The predicted molar refractivity (Wildman–Crippen MR) is 212 cm³/mol. The zero-order valence-corrected chi connectivity index (χ0v) is 29.5. The molecule has 0 fully saturated rings. The Balaban J connectivity index is 1.43. The maximum atomic E-state index is 9.14. The van der Waals surface area contributed by atoms with Gasteiger partial charge >= 0.3 is 0 Å². The van der Waals surface area contributed by atoms with Gasteiger partial charge < -0.3 is 9.64 Å². The first-order valence-electron chi connectivity index (χ1n) is 17.4. The number of nitrogens with zero attached hydrogens (tertiary/aromatic N) is 1. The molecule has 0 aliphatic heterocycles. The summed E-state index contributed by atoms with van der Waals surface area (Å²) in [7, 11) is 0. The molecule has 8 rings (SSSR count). The zero-order valence-electron chi connectivity index (χ0n) is 30.2. The molecule has 2 nitrogen and oxygen atoms in total. The fraction of sp³-hybridized carbons (Fsp3) is 0. The molecule has 0 radical (unpaired) electrons. The van der Waals surface area contributed by atoms with Crippen molar-refractivity contribution < 1.29 is 13.0 Å². The molecule has 0 spiro atoms. The number of fused-ring (bicyclic) bond motifs is 2. The summed E-state index contributed by atoms with van der Waals surface area (Å²) in [6.45, 7) is 0. The maximum Gasteiger partial charge on any atom is 0.145 e. The summed E-state index contributed by atoms with van der Waals surface area (Å²) in [5.41, 5.74) is 5.84. The highest BCUT2D eigenvalue weighted by molar-refractivity contribution is 14.1. The highest BCUT2D eigenvalue weighted by Gasteiger charge is 2.25. The standard InChI is InChI=1S/C40H24Cl2INOS2/c41-27-14-16-34-36(23-46-38(34)18-27)44(30-20-29(43)21-31(22-30)45-37-24-47-39-19-28(42)15-17-35(37)39)40-32(25-8-3-1-4-9-25)12-7-13-33(40)26-10-5-2-6-11-26/h1-24H/i14D,15D,16D,17D,18D,19D. The van der Waals surface area contributed by atoms with Crippen LogP contribution in [0.15, 0.2) is 144 Å². The fourth-order valence-electron chi connectivity index (χ4n) is 5.59. The highest BCUT2D eigenvalue weighted by Crippen LogP contribution is 2.50. The van der Waals surface area contributed by atoms with Crippen LogP contribution in [-0.2, 0) is 0 Å². The van der Waals surface area contributed by atoms with Gasteiger partial charge in [0.05, 0.1) is 25.3 Å². The molecule has 8 aromatic rings. The largest absolute Gasteiger partial charge is 0.456 e. The van der Waals surface area contributed by atoms with Crippen molar-refractivity contribution >= 4 is 106 Å². The molecule has 0 amide bonds. The van der Waals surface area contributed by atoms with Gasteiger partial charge in [0.15, 0.2) is 0 Å². The summed E-state index contributed by atoms with van der Waals surface area (Å²) >= 11 is 17.4. The van der Waals surface area contributed by atoms with E-state index in [9.17, 15) is 0 Å².